The summed E-state index contributed by atoms with van der Waals surface area (Å²) in [5, 5.41) is 9.91. The summed E-state index contributed by atoms with van der Waals surface area (Å²) in [5.74, 6) is 0.705. The van der Waals surface area contributed by atoms with Gasteiger partial charge in [0.1, 0.15) is 0 Å². The number of rotatable bonds is 1. The van der Waals surface area contributed by atoms with Gasteiger partial charge < -0.3 is 5.11 Å². The highest BCUT2D eigenvalue weighted by atomic mass is 16.3. The van der Waals surface area contributed by atoms with Gasteiger partial charge in [-0.15, -0.1) is 0 Å². The first-order chi connectivity index (χ1) is 7.39. The lowest BCUT2D eigenvalue weighted by molar-refractivity contribution is 0.137. The average Bonchev–Trinajstić information content (AvgIpc) is 2.52. The molecule has 0 bridgehead atoms. The number of aliphatic hydroxyl groups excluding tert-OH is 1. The zero-order valence-corrected chi connectivity index (χ0v) is 10.8. The first-order valence-corrected chi connectivity index (χ1v) is 6.46. The minimum Gasteiger partial charge on any atom is -0.389 e. The Morgan fingerprint density at radius 3 is 2.44 bits per heavy atom. The van der Waals surface area contributed by atoms with Gasteiger partial charge >= 0.3 is 0 Å². The maximum atomic E-state index is 9.91. The molecule has 0 saturated heterocycles. The van der Waals surface area contributed by atoms with Crippen molar-refractivity contribution in [2.75, 3.05) is 0 Å². The Kier molecular flexibility index (Phi) is 2.78. The van der Waals surface area contributed by atoms with E-state index in [-0.39, 0.29) is 16.9 Å². The maximum Gasteiger partial charge on any atom is 0.0753 e. The Morgan fingerprint density at radius 1 is 1.31 bits per heavy atom. The van der Waals surface area contributed by atoms with Crippen LogP contribution in [0.25, 0.3) is 0 Å². The normalized spacial score (nSPS) is 48.6. The minimum absolute atomic E-state index is 0.0864. The lowest BCUT2D eigenvalue weighted by atomic mass is 9.58. The Bertz CT molecular complexity index is 330. The maximum absolute atomic E-state index is 9.91. The van der Waals surface area contributed by atoms with E-state index in [1.54, 1.807) is 0 Å². The topological polar surface area (TPSA) is 20.2 Å². The summed E-state index contributed by atoms with van der Waals surface area (Å²) >= 11 is 0. The van der Waals surface area contributed by atoms with Gasteiger partial charge in [-0.05, 0) is 48.0 Å². The van der Waals surface area contributed by atoms with Crippen LogP contribution in [0.4, 0.5) is 0 Å². The molecule has 1 nitrogen and oxygen atoms in total. The van der Waals surface area contributed by atoms with Crippen LogP contribution in [-0.4, -0.2) is 11.2 Å². The van der Waals surface area contributed by atoms with Crippen molar-refractivity contribution < 1.29 is 5.11 Å². The molecule has 2 rings (SSSR count). The van der Waals surface area contributed by atoms with Gasteiger partial charge in [-0.25, -0.2) is 0 Å². The molecule has 0 aromatic carbocycles. The molecule has 0 aliphatic heterocycles. The number of aliphatic hydroxyl groups is 1. The van der Waals surface area contributed by atoms with Gasteiger partial charge in [-0.1, -0.05) is 39.5 Å². The van der Waals surface area contributed by atoms with E-state index in [0.717, 1.165) is 18.4 Å². The SMILES string of the molecule is C=C1[C@H](O)CC[C@]1(C)[C@]1(C)C=CC(C)CC1. The molecule has 1 fully saturated rings. The minimum atomic E-state index is -0.283. The van der Waals surface area contributed by atoms with Crippen molar-refractivity contribution in [2.24, 2.45) is 16.7 Å². The summed E-state index contributed by atoms with van der Waals surface area (Å²) in [6, 6.07) is 0. The molecule has 2 aliphatic rings. The molecule has 90 valence electrons. The van der Waals surface area contributed by atoms with Crippen LogP contribution in [0.2, 0.25) is 0 Å². The predicted octanol–water partition coefficient (Wildman–Crippen LogP) is 3.70. The van der Waals surface area contributed by atoms with Crippen LogP contribution in [0.1, 0.15) is 46.5 Å². The standard InChI is InChI=1S/C15H24O/c1-11-5-8-14(3,9-6-11)15(4)10-7-13(16)12(15)2/h5,8,11,13,16H,2,6-7,9-10H2,1,3-4H3/t11?,13-,14-,15+/m1/s1. The summed E-state index contributed by atoms with van der Waals surface area (Å²) in [4.78, 5) is 0. The zero-order chi connectivity index (χ0) is 12.0. The molecule has 2 aliphatic carbocycles. The summed E-state index contributed by atoms with van der Waals surface area (Å²) in [6.45, 7) is 11.0. The van der Waals surface area contributed by atoms with Gasteiger partial charge in [-0.2, -0.15) is 0 Å². The first-order valence-electron chi connectivity index (χ1n) is 6.46. The largest absolute Gasteiger partial charge is 0.389 e. The van der Waals surface area contributed by atoms with E-state index in [1.807, 2.05) is 0 Å². The molecule has 0 heterocycles. The van der Waals surface area contributed by atoms with E-state index in [1.165, 1.54) is 12.8 Å². The van der Waals surface area contributed by atoms with Crippen molar-refractivity contribution in [3.05, 3.63) is 24.3 Å². The third kappa shape index (κ3) is 1.57. The Labute approximate surface area is 99.3 Å². The molecule has 0 amide bonds. The van der Waals surface area contributed by atoms with Crippen LogP contribution in [0.15, 0.2) is 24.3 Å². The third-order valence-corrected chi connectivity index (χ3v) is 5.20. The smallest absolute Gasteiger partial charge is 0.0753 e. The summed E-state index contributed by atoms with van der Waals surface area (Å²) < 4.78 is 0. The van der Waals surface area contributed by atoms with E-state index in [4.69, 9.17) is 0 Å². The number of hydrogen-bond acceptors (Lipinski definition) is 1. The van der Waals surface area contributed by atoms with Gasteiger partial charge in [0.15, 0.2) is 0 Å². The van der Waals surface area contributed by atoms with E-state index in [9.17, 15) is 5.11 Å². The fourth-order valence-electron chi connectivity index (χ4n) is 3.32. The van der Waals surface area contributed by atoms with Gasteiger partial charge in [0.25, 0.3) is 0 Å². The highest BCUT2D eigenvalue weighted by molar-refractivity contribution is 5.28. The molecule has 1 N–H and O–H groups in total. The van der Waals surface area contributed by atoms with Crippen LogP contribution in [0, 0.1) is 16.7 Å². The second kappa shape index (κ2) is 3.73. The fourth-order valence-corrected chi connectivity index (χ4v) is 3.32. The van der Waals surface area contributed by atoms with Crippen LogP contribution < -0.4 is 0 Å². The van der Waals surface area contributed by atoms with E-state index < -0.39 is 0 Å². The molecule has 1 heteroatoms. The molecule has 1 unspecified atom stereocenters. The third-order valence-electron chi connectivity index (χ3n) is 5.20. The van der Waals surface area contributed by atoms with Gasteiger partial charge in [0.2, 0.25) is 0 Å². The van der Waals surface area contributed by atoms with Crippen molar-refractivity contribution in [3.63, 3.8) is 0 Å². The molecule has 1 saturated carbocycles. The van der Waals surface area contributed by atoms with E-state index >= 15 is 0 Å². The van der Waals surface area contributed by atoms with Crippen LogP contribution in [-0.2, 0) is 0 Å². The Balaban J connectivity index is 2.30. The van der Waals surface area contributed by atoms with Crippen molar-refractivity contribution in [3.8, 4) is 0 Å². The number of hydrogen-bond donors (Lipinski definition) is 1. The summed E-state index contributed by atoms with van der Waals surface area (Å²) in [5.41, 5.74) is 1.33. The summed E-state index contributed by atoms with van der Waals surface area (Å²) in [7, 11) is 0. The second-order valence-electron chi connectivity index (χ2n) is 6.20. The first kappa shape index (κ1) is 11.9. The lowest BCUT2D eigenvalue weighted by Crippen LogP contribution is -2.37. The van der Waals surface area contributed by atoms with Crippen LogP contribution in [0.3, 0.4) is 0 Å². The molecular formula is C15H24O. The highest BCUT2D eigenvalue weighted by Gasteiger charge is 2.50. The lowest BCUT2D eigenvalue weighted by Gasteiger charge is -2.46. The molecule has 0 aromatic heterocycles. The van der Waals surface area contributed by atoms with Gasteiger partial charge in [0, 0.05) is 0 Å². The van der Waals surface area contributed by atoms with Crippen molar-refractivity contribution >= 4 is 0 Å². The van der Waals surface area contributed by atoms with Crippen LogP contribution >= 0.6 is 0 Å². The molecule has 16 heavy (non-hydrogen) atoms. The van der Waals surface area contributed by atoms with E-state index in [2.05, 4.69) is 39.5 Å². The monoisotopic (exact) mass is 220 g/mol. The highest BCUT2D eigenvalue weighted by Crippen LogP contribution is 2.57. The van der Waals surface area contributed by atoms with Gasteiger partial charge in [0.05, 0.1) is 6.10 Å². The van der Waals surface area contributed by atoms with Gasteiger partial charge in [-0.3, -0.25) is 0 Å². The predicted molar refractivity (Wildman–Crippen MR) is 68.1 cm³/mol. The number of allylic oxidation sites excluding steroid dienone is 2. The molecular weight excluding hydrogens is 196 g/mol. The van der Waals surface area contributed by atoms with Crippen molar-refractivity contribution in [1.82, 2.24) is 0 Å². The Hall–Kier alpha value is -0.560. The van der Waals surface area contributed by atoms with E-state index in [0.29, 0.717) is 5.92 Å². The quantitative estimate of drug-likeness (QED) is 0.668. The Morgan fingerprint density at radius 2 is 2.00 bits per heavy atom. The van der Waals surface area contributed by atoms with Crippen molar-refractivity contribution in [1.29, 1.82) is 0 Å². The zero-order valence-electron chi connectivity index (χ0n) is 10.8. The van der Waals surface area contributed by atoms with Crippen molar-refractivity contribution in [2.45, 2.75) is 52.6 Å². The second-order valence-corrected chi connectivity index (χ2v) is 6.20. The summed E-state index contributed by atoms with van der Waals surface area (Å²) in [6.07, 6.45) is 8.86. The molecule has 0 spiro atoms. The fraction of sp³-hybridized carbons (Fsp3) is 0.733. The molecule has 4 atom stereocenters. The molecule has 0 radical (unpaired) electrons. The molecule has 0 aromatic rings. The average molecular weight is 220 g/mol. The van der Waals surface area contributed by atoms with Crippen LogP contribution in [0.5, 0.6) is 0 Å².